The average molecular weight is 430 g/mol. The first-order valence-corrected chi connectivity index (χ1v) is 10.1. The van der Waals surface area contributed by atoms with Gasteiger partial charge in [0.1, 0.15) is 0 Å². The van der Waals surface area contributed by atoms with E-state index in [1.807, 2.05) is 12.2 Å². The summed E-state index contributed by atoms with van der Waals surface area (Å²) in [5, 5.41) is 2.65. The average Bonchev–Trinajstić information content (AvgIpc) is 3.04. The molecule has 9 heteroatoms. The second-order valence-electron chi connectivity index (χ2n) is 7.36. The van der Waals surface area contributed by atoms with Gasteiger partial charge in [-0.05, 0) is 30.5 Å². The monoisotopic (exact) mass is 430 g/mol. The van der Waals surface area contributed by atoms with Crippen LogP contribution in [0.4, 0.5) is 0 Å². The second kappa shape index (κ2) is 10.1. The first-order valence-electron chi connectivity index (χ1n) is 10.1. The Morgan fingerprint density at radius 3 is 2.29 bits per heavy atom. The Labute approximate surface area is 180 Å². The third-order valence-electron chi connectivity index (χ3n) is 5.44. The number of fused-ring (bicyclic) bond motifs is 1. The molecule has 1 heterocycles. The number of hydrogen-bond donors (Lipinski definition) is 1. The molecule has 166 valence electrons. The number of esters is 1. The maximum Gasteiger partial charge on any atom is 0.308 e. The highest BCUT2D eigenvalue weighted by Gasteiger charge is 2.46. The van der Waals surface area contributed by atoms with E-state index in [0.29, 0.717) is 24.3 Å². The van der Waals surface area contributed by atoms with Gasteiger partial charge in [0.05, 0.1) is 32.5 Å². The van der Waals surface area contributed by atoms with Crippen LogP contribution in [0.25, 0.3) is 0 Å². The van der Waals surface area contributed by atoms with Gasteiger partial charge in [-0.25, -0.2) is 0 Å². The molecular formula is C22H26N2O7. The number of carbonyl (C=O) groups is 4. The first kappa shape index (κ1) is 22.3. The maximum absolute atomic E-state index is 12.4. The number of hydrogen-bond acceptors (Lipinski definition) is 7. The topological polar surface area (TPSA) is 111 Å². The van der Waals surface area contributed by atoms with Gasteiger partial charge in [0.25, 0.3) is 5.91 Å². The highest BCUT2D eigenvalue weighted by Crippen LogP contribution is 2.35. The van der Waals surface area contributed by atoms with Crippen LogP contribution < -0.4 is 14.8 Å². The normalized spacial score (nSPS) is 19.7. The molecule has 2 aliphatic rings. The van der Waals surface area contributed by atoms with Crippen LogP contribution in [0, 0.1) is 11.8 Å². The first-order chi connectivity index (χ1) is 14.9. The van der Waals surface area contributed by atoms with Crippen LogP contribution in [0.2, 0.25) is 0 Å². The van der Waals surface area contributed by atoms with Gasteiger partial charge in [0.2, 0.25) is 11.8 Å². The molecule has 1 fully saturated rings. The van der Waals surface area contributed by atoms with Gasteiger partial charge in [0.15, 0.2) is 18.1 Å². The summed E-state index contributed by atoms with van der Waals surface area (Å²) < 4.78 is 15.3. The van der Waals surface area contributed by atoms with Crippen LogP contribution in [-0.2, 0) is 30.5 Å². The molecule has 1 aliphatic heterocycles. The number of allylic oxidation sites excluding steroid dienone is 2. The molecule has 0 bridgehead atoms. The van der Waals surface area contributed by atoms with E-state index < -0.39 is 18.5 Å². The summed E-state index contributed by atoms with van der Waals surface area (Å²) in [6.07, 6.45) is 4.77. The van der Waals surface area contributed by atoms with Crippen LogP contribution in [-0.4, -0.2) is 56.0 Å². The zero-order chi connectivity index (χ0) is 22.4. The van der Waals surface area contributed by atoms with E-state index in [4.69, 9.17) is 14.2 Å². The van der Waals surface area contributed by atoms with Crippen LogP contribution in [0.5, 0.6) is 11.5 Å². The fourth-order valence-electron chi connectivity index (χ4n) is 3.75. The van der Waals surface area contributed by atoms with Crippen LogP contribution in [0.1, 0.15) is 24.8 Å². The van der Waals surface area contributed by atoms with Crippen molar-refractivity contribution in [1.29, 1.82) is 0 Å². The summed E-state index contributed by atoms with van der Waals surface area (Å²) in [6, 6.07) is 5.25. The smallest absolute Gasteiger partial charge is 0.308 e. The summed E-state index contributed by atoms with van der Waals surface area (Å²) in [4.78, 5) is 49.8. The lowest BCUT2D eigenvalue weighted by atomic mass is 9.85. The molecule has 1 aromatic rings. The van der Waals surface area contributed by atoms with E-state index in [0.717, 1.165) is 10.5 Å². The minimum absolute atomic E-state index is 0.0310. The number of nitrogens with zero attached hydrogens (tertiary/aromatic N) is 1. The Morgan fingerprint density at radius 1 is 1.03 bits per heavy atom. The van der Waals surface area contributed by atoms with Crippen molar-refractivity contribution in [3.8, 4) is 11.5 Å². The Morgan fingerprint density at radius 2 is 1.68 bits per heavy atom. The number of imide groups is 1. The molecule has 31 heavy (non-hydrogen) atoms. The molecule has 1 N–H and O–H groups in total. The van der Waals surface area contributed by atoms with Crippen LogP contribution in [0.3, 0.4) is 0 Å². The highest BCUT2D eigenvalue weighted by atomic mass is 16.5. The van der Waals surface area contributed by atoms with Crippen molar-refractivity contribution in [2.75, 3.05) is 27.4 Å². The number of carbonyl (C=O) groups excluding carboxylic acids is 4. The molecule has 0 saturated carbocycles. The number of amides is 3. The van der Waals surface area contributed by atoms with Gasteiger partial charge in [-0.3, -0.25) is 24.1 Å². The van der Waals surface area contributed by atoms with Crippen molar-refractivity contribution in [3.05, 3.63) is 35.9 Å². The van der Waals surface area contributed by atoms with E-state index in [-0.39, 0.29) is 43.2 Å². The lowest BCUT2D eigenvalue weighted by molar-refractivity contribution is -0.150. The fourth-order valence-corrected chi connectivity index (χ4v) is 3.75. The summed E-state index contributed by atoms with van der Waals surface area (Å²) >= 11 is 0. The Bertz CT molecular complexity index is 870. The summed E-state index contributed by atoms with van der Waals surface area (Å²) in [5.41, 5.74) is 0.791. The van der Waals surface area contributed by atoms with Crippen molar-refractivity contribution in [1.82, 2.24) is 10.2 Å². The number of benzene rings is 1. The van der Waals surface area contributed by atoms with Gasteiger partial charge in [-0.1, -0.05) is 18.2 Å². The number of likely N-dealkylation sites (tertiary alicyclic amines) is 1. The number of ether oxygens (including phenoxy) is 3. The molecule has 1 aliphatic carbocycles. The Hall–Kier alpha value is -3.36. The van der Waals surface area contributed by atoms with E-state index in [1.165, 1.54) is 14.2 Å². The largest absolute Gasteiger partial charge is 0.493 e. The van der Waals surface area contributed by atoms with Gasteiger partial charge >= 0.3 is 5.97 Å². The number of nitrogens with one attached hydrogen (secondary N) is 1. The van der Waals surface area contributed by atoms with Gasteiger partial charge in [-0.2, -0.15) is 0 Å². The van der Waals surface area contributed by atoms with Crippen molar-refractivity contribution >= 4 is 23.7 Å². The van der Waals surface area contributed by atoms with Crippen molar-refractivity contribution in [3.63, 3.8) is 0 Å². The molecule has 2 atom stereocenters. The van der Waals surface area contributed by atoms with E-state index in [2.05, 4.69) is 5.32 Å². The highest BCUT2D eigenvalue weighted by molar-refractivity contribution is 6.05. The van der Waals surface area contributed by atoms with Gasteiger partial charge in [0, 0.05) is 13.1 Å². The predicted octanol–water partition coefficient (Wildman–Crippen LogP) is 1.20. The van der Waals surface area contributed by atoms with Crippen LogP contribution in [0.15, 0.2) is 30.4 Å². The van der Waals surface area contributed by atoms with E-state index in [1.54, 1.807) is 18.2 Å². The minimum Gasteiger partial charge on any atom is -0.493 e. The summed E-state index contributed by atoms with van der Waals surface area (Å²) in [7, 11) is 3.06. The number of methoxy groups -OCH3 is 2. The zero-order valence-corrected chi connectivity index (χ0v) is 17.6. The molecule has 1 aromatic carbocycles. The third-order valence-corrected chi connectivity index (χ3v) is 5.44. The Kier molecular flexibility index (Phi) is 7.28. The lowest BCUT2D eigenvalue weighted by Crippen LogP contribution is -2.34. The molecular weight excluding hydrogens is 404 g/mol. The molecule has 0 radical (unpaired) electrons. The molecule has 9 nitrogen and oxygen atoms in total. The van der Waals surface area contributed by atoms with Gasteiger partial charge < -0.3 is 19.5 Å². The summed E-state index contributed by atoms with van der Waals surface area (Å²) in [6.45, 7) is -0.246. The van der Waals surface area contributed by atoms with Crippen LogP contribution >= 0.6 is 0 Å². The van der Waals surface area contributed by atoms with Crippen molar-refractivity contribution in [2.24, 2.45) is 11.8 Å². The zero-order valence-electron chi connectivity index (χ0n) is 17.6. The quantitative estimate of drug-likeness (QED) is 0.356. The standard InChI is InChI=1S/C22H26N2O7/c1-29-17-8-7-14(11-18(17)30-2)12-23-19(25)13-31-20(26)9-10-24-21(27)15-5-3-4-6-16(15)22(24)28/h3-4,7-8,11,15-16H,5-6,9-10,12-13H2,1-2H3,(H,23,25)/t15-,16+. The second-order valence-corrected chi connectivity index (χ2v) is 7.36. The minimum atomic E-state index is -0.644. The molecule has 1 saturated heterocycles. The predicted molar refractivity (Wildman–Crippen MR) is 109 cm³/mol. The third kappa shape index (κ3) is 5.22. The fraction of sp³-hybridized carbons (Fsp3) is 0.455. The van der Waals surface area contributed by atoms with Crippen molar-refractivity contribution < 1.29 is 33.4 Å². The summed E-state index contributed by atoms with van der Waals surface area (Å²) in [5.74, 6) is -1.10. The molecule has 0 spiro atoms. The van der Waals surface area contributed by atoms with Gasteiger partial charge in [-0.15, -0.1) is 0 Å². The molecule has 3 amide bonds. The Balaban J connectivity index is 1.39. The lowest BCUT2D eigenvalue weighted by Gasteiger charge is -2.14. The maximum atomic E-state index is 12.4. The molecule has 3 rings (SSSR count). The number of rotatable bonds is 9. The van der Waals surface area contributed by atoms with Crippen molar-refractivity contribution in [2.45, 2.75) is 25.8 Å². The molecule has 0 unspecified atom stereocenters. The molecule has 0 aromatic heterocycles. The SMILES string of the molecule is COc1ccc(CNC(=O)COC(=O)CCN2C(=O)[C@H]3CC=CC[C@H]3C2=O)cc1OC. The van der Waals surface area contributed by atoms with E-state index in [9.17, 15) is 19.2 Å². The van der Waals surface area contributed by atoms with E-state index >= 15 is 0 Å².